The molecule has 4 aromatic rings. The van der Waals surface area contributed by atoms with Gasteiger partial charge >= 0.3 is 12.1 Å². The number of carboxylic acids is 1. The van der Waals surface area contributed by atoms with Gasteiger partial charge in [0.05, 0.1) is 6.20 Å². The lowest BCUT2D eigenvalue weighted by Gasteiger charge is -2.11. The van der Waals surface area contributed by atoms with Crippen LogP contribution in [0.15, 0.2) is 67.3 Å². The Bertz CT molecular complexity index is 1200. The van der Waals surface area contributed by atoms with Gasteiger partial charge < -0.3 is 10.1 Å². The molecule has 0 amide bonds. The van der Waals surface area contributed by atoms with Crippen molar-refractivity contribution < 1.29 is 27.9 Å². The predicted octanol–water partition coefficient (Wildman–Crippen LogP) is 4.50. The van der Waals surface area contributed by atoms with E-state index in [1.54, 1.807) is 17.1 Å². The number of aromatic nitrogens is 4. The molecule has 0 radical (unpaired) electrons. The minimum atomic E-state index is -5.08. The van der Waals surface area contributed by atoms with E-state index in [-0.39, 0.29) is 11.8 Å². The molecule has 0 saturated heterocycles. The Labute approximate surface area is 174 Å². The molecule has 3 aromatic heterocycles. The SMILES string of the molecule is CC(C(=O)c1ccccc1)n1cc(-c2ccnc3[nH]ccc23)cn1.O=C(O)C(F)(F)F. The van der Waals surface area contributed by atoms with Crippen LogP contribution in [0.2, 0.25) is 0 Å². The highest BCUT2D eigenvalue weighted by Crippen LogP contribution is 2.27. The first-order valence-corrected chi connectivity index (χ1v) is 9.04. The minimum Gasteiger partial charge on any atom is -0.475 e. The van der Waals surface area contributed by atoms with E-state index in [0.717, 1.165) is 22.2 Å². The van der Waals surface area contributed by atoms with Crippen LogP contribution in [0, 0.1) is 0 Å². The predicted molar refractivity (Wildman–Crippen MR) is 106 cm³/mol. The normalized spacial score (nSPS) is 12.1. The molecule has 0 bridgehead atoms. The van der Waals surface area contributed by atoms with Crippen molar-refractivity contribution in [3.63, 3.8) is 0 Å². The van der Waals surface area contributed by atoms with Gasteiger partial charge in [-0.15, -0.1) is 0 Å². The molecule has 0 aliphatic rings. The minimum absolute atomic E-state index is 0.0479. The van der Waals surface area contributed by atoms with Crippen LogP contribution in [-0.4, -0.2) is 42.8 Å². The summed E-state index contributed by atoms with van der Waals surface area (Å²) in [6.07, 6.45) is 2.25. The smallest absolute Gasteiger partial charge is 0.475 e. The zero-order valence-electron chi connectivity index (χ0n) is 16.2. The zero-order chi connectivity index (χ0) is 22.6. The maximum Gasteiger partial charge on any atom is 0.490 e. The number of aliphatic carboxylic acids is 1. The van der Waals surface area contributed by atoms with Crippen LogP contribution < -0.4 is 0 Å². The number of nitrogens with one attached hydrogen (secondary N) is 1. The van der Waals surface area contributed by atoms with Crippen LogP contribution in [-0.2, 0) is 4.79 Å². The summed E-state index contributed by atoms with van der Waals surface area (Å²) in [7, 11) is 0. The number of Topliss-reactive ketones (excluding diaryl/α,β-unsaturated/α-hetero) is 1. The summed E-state index contributed by atoms with van der Waals surface area (Å²) in [5.74, 6) is -2.71. The van der Waals surface area contributed by atoms with Crippen LogP contribution in [0.3, 0.4) is 0 Å². The van der Waals surface area contributed by atoms with Crippen LogP contribution >= 0.6 is 0 Å². The van der Waals surface area contributed by atoms with Gasteiger partial charge in [-0.3, -0.25) is 9.48 Å². The number of carbonyl (C=O) groups is 2. The van der Waals surface area contributed by atoms with Crippen LogP contribution in [0.4, 0.5) is 13.2 Å². The first kappa shape index (κ1) is 21.8. The van der Waals surface area contributed by atoms with Crippen molar-refractivity contribution in [2.45, 2.75) is 19.1 Å². The monoisotopic (exact) mass is 430 g/mol. The van der Waals surface area contributed by atoms with Crippen molar-refractivity contribution >= 4 is 22.8 Å². The molecule has 1 aromatic carbocycles. The number of alkyl halides is 3. The molecular formula is C21H17F3N4O3. The molecule has 160 valence electrons. The third-order valence-corrected chi connectivity index (χ3v) is 4.45. The van der Waals surface area contributed by atoms with Gasteiger partial charge in [0.15, 0.2) is 5.78 Å². The number of fused-ring (bicyclic) bond motifs is 1. The van der Waals surface area contributed by atoms with E-state index in [1.165, 1.54) is 0 Å². The highest BCUT2D eigenvalue weighted by atomic mass is 19.4. The number of hydrogen-bond acceptors (Lipinski definition) is 4. The number of H-pyrrole nitrogens is 1. The Morgan fingerprint density at radius 3 is 2.45 bits per heavy atom. The fourth-order valence-electron chi connectivity index (χ4n) is 2.87. The Morgan fingerprint density at radius 2 is 1.81 bits per heavy atom. The quantitative estimate of drug-likeness (QED) is 0.464. The molecule has 4 rings (SSSR count). The van der Waals surface area contributed by atoms with Gasteiger partial charge in [-0.2, -0.15) is 18.3 Å². The van der Waals surface area contributed by atoms with Crippen LogP contribution in [0.1, 0.15) is 23.3 Å². The summed E-state index contributed by atoms with van der Waals surface area (Å²) in [6.45, 7) is 1.87. The number of hydrogen-bond donors (Lipinski definition) is 2. The van der Waals surface area contributed by atoms with Crippen molar-refractivity contribution in [3.05, 3.63) is 72.8 Å². The summed E-state index contributed by atoms with van der Waals surface area (Å²) in [4.78, 5) is 28.9. The Kier molecular flexibility index (Phi) is 6.19. The van der Waals surface area contributed by atoms with Gasteiger partial charge in [-0.1, -0.05) is 30.3 Å². The van der Waals surface area contributed by atoms with Gasteiger partial charge in [-0.05, 0) is 24.6 Å². The van der Waals surface area contributed by atoms with Crippen LogP contribution in [0.25, 0.3) is 22.2 Å². The van der Waals surface area contributed by atoms with Gasteiger partial charge in [0.2, 0.25) is 0 Å². The lowest BCUT2D eigenvalue weighted by Crippen LogP contribution is -2.21. The molecule has 0 spiro atoms. The van der Waals surface area contributed by atoms with E-state index < -0.39 is 12.1 Å². The second-order valence-corrected chi connectivity index (χ2v) is 6.52. The third-order valence-electron chi connectivity index (χ3n) is 4.45. The lowest BCUT2D eigenvalue weighted by molar-refractivity contribution is -0.192. The first-order valence-electron chi connectivity index (χ1n) is 9.04. The van der Waals surface area contributed by atoms with E-state index >= 15 is 0 Å². The highest BCUT2D eigenvalue weighted by Gasteiger charge is 2.38. The van der Waals surface area contributed by atoms with Crippen molar-refractivity contribution in [1.29, 1.82) is 0 Å². The van der Waals surface area contributed by atoms with E-state index in [0.29, 0.717) is 5.56 Å². The zero-order valence-corrected chi connectivity index (χ0v) is 16.2. The summed E-state index contributed by atoms with van der Waals surface area (Å²) in [6, 6.07) is 12.9. The lowest BCUT2D eigenvalue weighted by atomic mass is 10.1. The summed E-state index contributed by atoms with van der Waals surface area (Å²) < 4.78 is 33.4. The van der Waals surface area contributed by atoms with Gasteiger partial charge in [0, 0.05) is 35.1 Å². The second-order valence-electron chi connectivity index (χ2n) is 6.52. The average Bonchev–Trinajstić information content (AvgIpc) is 3.42. The molecule has 0 aliphatic carbocycles. The Hall–Kier alpha value is -3.95. The maximum absolute atomic E-state index is 12.6. The first-order chi connectivity index (χ1) is 14.7. The number of rotatable bonds is 4. The Balaban J connectivity index is 0.000000339. The molecule has 10 heteroatoms. The van der Waals surface area contributed by atoms with Crippen molar-refractivity contribution in [2.24, 2.45) is 0 Å². The highest BCUT2D eigenvalue weighted by molar-refractivity contribution is 5.99. The van der Waals surface area contributed by atoms with Gasteiger partial charge in [-0.25, -0.2) is 9.78 Å². The fraction of sp³-hybridized carbons (Fsp3) is 0.143. The summed E-state index contributed by atoms with van der Waals surface area (Å²) in [5, 5.41) is 12.6. The number of benzene rings is 1. The number of ketones is 1. The molecule has 0 saturated carbocycles. The molecule has 7 nitrogen and oxygen atoms in total. The van der Waals surface area contributed by atoms with Crippen molar-refractivity contribution in [1.82, 2.24) is 19.7 Å². The van der Waals surface area contributed by atoms with E-state index in [2.05, 4.69) is 15.1 Å². The van der Waals surface area contributed by atoms with E-state index in [4.69, 9.17) is 9.90 Å². The molecule has 0 aliphatic heterocycles. The fourth-order valence-corrected chi connectivity index (χ4v) is 2.87. The molecule has 1 atom stereocenters. The van der Waals surface area contributed by atoms with Gasteiger partial charge in [0.25, 0.3) is 0 Å². The number of aromatic amines is 1. The molecule has 2 N–H and O–H groups in total. The molecular weight excluding hydrogens is 413 g/mol. The third kappa shape index (κ3) is 4.97. The van der Waals surface area contributed by atoms with E-state index in [1.807, 2.05) is 61.8 Å². The number of carbonyl (C=O) groups excluding carboxylic acids is 1. The van der Waals surface area contributed by atoms with Crippen LogP contribution in [0.5, 0.6) is 0 Å². The number of halogens is 3. The number of nitrogens with zero attached hydrogens (tertiary/aromatic N) is 3. The number of pyridine rings is 1. The van der Waals surface area contributed by atoms with Crippen molar-refractivity contribution in [3.8, 4) is 11.1 Å². The van der Waals surface area contributed by atoms with E-state index in [9.17, 15) is 18.0 Å². The average molecular weight is 430 g/mol. The molecule has 3 heterocycles. The summed E-state index contributed by atoms with van der Waals surface area (Å²) >= 11 is 0. The summed E-state index contributed by atoms with van der Waals surface area (Å²) in [5.41, 5.74) is 3.55. The largest absolute Gasteiger partial charge is 0.490 e. The topological polar surface area (TPSA) is 101 Å². The number of carboxylic acid groups (broad SMARTS) is 1. The second kappa shape index (κ2) is 8.82. The molecule has 31 heavy (non-hydrogen) atoms. The van der Waals surface area contributed by atoms with Crippen molar-refractivity contribution in [2.75, 3.05) is 0 Å². The Morgan fingerprint density at radius 1 is 1.13 bits per heavy atom. The maximum atomic E-state index is 12.6. The standard InChI is InChI=1S/C19H16N4O.C2HF3O2/c1-13(18(24)14-5-3-2-4-6-14)23-12-15(11-22-23)16-7-9-20-19-17(16)8-10-21-19;3-2(4,5)1(6)7/h2-13H,1H3,(H,20,21);(H,6,7). The molecule has 0 fully saturated rings. The molecule has 1 unspecified atom stereocenters. The van der Waals surface area contributed by atoms with Gasteiger partial charge in [0.1, 0.15) is 11.7 Å².